The SMILES string of the molecule is O=c1oc2ccccc2c2ccc(-c3ccc4c(c3)c3ccccc3n4-c3ccc4c(c3)C3(c5ccccc5-c5ccccc53)c3ccccc3-4)cc12. The summed E-state index contributed by atoms with van der Waals surface area (Å²) < 4.78 is 8.13. The van der Waals surface area contributed by atoms with E-state index in [1.165, 1.54) is 55.3 Å². The molecule has 8 aromatic carbocycles. The second kappa shape index (κ2) is 10.3. The Balaban J connectivity index is 1.09. The number of hydrogen-bond acceptors (Lipinski definition) is 2. The molecular formula is C50H29NO2. The third-order valence-corrected chi connectivity index (χ3v) is 11.9. The molecule has 0 radical (unpaired) electrons. The Bertz CT molecular complexity index is 3210. The van der Waals surface area contributed by atoms with Crippen molar-refractivity contribution in [2.45, 2.75) is 5.41 Å². The minimum atomic E-state index is -0.408. The van der Waals surface area contributed by atoms with Gasteiger partial charge in [0, 0.05) is 21.8 Å². The first-order valence-electron chi connectivity index (χ1n) is 18.1. The van der Waals surface area contributed by atoms with Crippen LogP contribution >= 0.6 is 0 Å². The monoisotopic (exact) mass is 675 g/mol. The largest absolute Gasteiger partial charge is 0.422 e. The van der Waals surface area contributed by atoms with Crippen LogP contribution in [0.15, 0.2) is 185 Å². The van der Waals surface area contributed by atoms with E-state index >= 15 is 0 Å². The van der Waals surface area contributed by atoms with Gasteiger partial charge >= 0.3 is 5.63 Å². The van der Waals surface area contributed by atoms with E-state index in [1.807, 2.05) is 30.3 Å². The third-order valence-electron chi connectivity index (χ3n) is 11.9. The Morgan fingerprint density at radius 2 is 0.943 bits per heavy atom. The molecule has 0 N–H and O–H groups in total. The van der Waals surface area contributed by atoms with E-state index < -0.39 is 5.41 Å². The lowest BCUT2D eigenvalue weighted by atomic mass is 9.70. The van der Waals surface area contributed by atoms with Crippen molar-refractivity contribution in [3.05, 3.63) is 209 Å². The molecule has 10 aromatic rings. The molecule has 12 rings (SSSR count). The second-order valence-corrected chi connectivity index (χ2v) is 14.3. The van der Waals surface area contributed by atoms with Crippen LogP contribution in [0.5, 0.6) is 0 Å². The van der Waals surface area contributed by atoms with Gasteiger partial charge in [0.2, 0.25) is 0 Å². The molecule has 0 aliphatic heterocycles. The Kier molecular flexibility index (Phi) is 5.58. The second-order valence-electron chi connectivity index (χ2n) is 14.3. The molecule has 3 heteroatoms. The average molecular weight is 676 g/mol. The average Bonchev–Trinajstić information content (AvgIpc) is 3.82. The van der Waals surface area contributed by atoms with Crippen molar-refractivity contribution in [3.8, 4) is 39.1 Å². The molecule has 0 saturated heterocycles. The third kappa shape index (κ3) is 3.66. The van der Waals surface area contributed by atoms with Crippen molar-refractivity contribution in [1.29, 1.82) is 0 Å². The van der Waals surface area contributed by atoms with Crippen LogP contribution in [0, 0.1) is 0 Å². The minimum Gasteiger partial charge on any atom is -0.422 e. The lowest BCUT2D eigenvalue weighted by molar-refractivity contribution is 0.569. The standard InChI is InChI=1S/C50H29NO2/c52-49-41-28-30(21-24-33(41)39-15-5-10-20-48(39)53-49)31-22-26-47-40(27-31)38-14-4-9-19-46(38)51(47)32-23-25-37-36-13-3-8-18-44(36)50(45(37)29-32)42-16-6-1-11-34(42)35-12-2-7-17-43(35)50/h1-29H. The molecule has 0 amide bonds. The summed E-state index contributed by atoms with van der Waals surface area (Å²) in [5.74, 6) is 0. The summed E-state index contributed by atoms with van der Waals surface area (Å²) in [4.78, 5) is 13.1. The van der Waals surface area contributed by atoms with Gasteiger partial charge in [-0.3, -0.25) is 0 Å². The van der Waals surface area contributed by atoms with E-state index in [9.17, 15) is 4.79 Å². The molecule has 0 atom stereocenters. The van der Waals surface area contributed by atoms with E-state index in [4.69, 9.17) is 4.42 Å². The van der Waals surface area contributed by atoms with Crippen molar-refractivity contribution >= 4 is 43.5 Å². The Labute approximate surface area is 304 Å². The zero-order valence-electron chi connectivity index (χ0n) is 28.5. The summed E-state index contributed by atoms with van der Waals surface area (Å²) in [6, 6.07) is 63.2. The highest BCUT2D eigenvalue weighted by Gasteiger charge is 2.51. The van der Waals surface area contributed by atoms with Crippen molar-refractivity contribution in [2.24, 2.45) is 0 Å². The van der Waals surface area contributed by atoms with Gasteiger partial charge in [0.25, 0.3) is 0 Å². The van der Waals surface area contributed by atoms with Gasteiger partial charge in [0.15, 0.2) is 0 Å². The number of benzene rings is 8. The summed E-state index contributed by atoms with van der Waals surface area (Å²) in [7, 11) is 0. The highest BCUT2D eigenvalue weighted by molar-refractivity contribution is 6.11. The first-order valence-corrected chi connectivity index (χ1v) is 18.1. The van der Waals surface area contributed by atoms with Crippen LogP contribution in [-0.2, 0) is 5.41 Å². The van der Waals surface area contributed by atoms with Crippen LogP contribution in [-0.4, -0.2) is 4.57 Å². The van der Waals surface area contributed by atoms with Crippen molar-refractivity contribution in [2.75, 3.05) is 0 Å². The maximum atomic E-state index is 13.1. The van der Waals surface area contributed by atoms with Crippen molar-refractivity contribution in [1.82, 2.24) is 4.57 Å². The van der Waals surface area contributed by atoms with Crippen molar-refractivity contribution in [3.63, 3.8) is 0 Å². The summed E-state index contributed by atoms with van der Waals surface area (Å²) in [6.45, 7) is 0. The zero-order chi connectivity index (χ0) is 34.8. The molecule has 53 heavy (non-hydrogen) atoms. The first-order chi connectivity index (χ1) is 26.2. The Morgan fingerprint density at radius 3 is 1.66 bits per heavy atom. The predicted molar refractivity (Wildman–Crippen MR) is 216 cm³/mol. The molecule has 0 saturated carbocycles. The number of hydrogen-bond donors (Lipinski definition) is 0. The van der Waals surface area contributed by atoms with E-state index in [2.05, 4.69) is 150 Å². The summed E-state index contributed by atoms with van der Waals surface area (Å²) in [5.41, 5.74) is 15.9. The van der Waals surface area contributed by atoms with Crippen LogP contribution in [0.1, 0.15) is 22.3 Å². The van der Waals surface area contributed by atoms with Gasteiger partial charge in [-0.1, -0.05) is 133 Å². The highest BCUT2D eigenvalue weighted by atomic mass is 16.4. The molecule has 2 aromatic heterocycles. The lowest BCUT2D eigenvalue weighted by Crippen LogP contribution is -2.26. The fraction of sp³-hybridized carbons (Fsp3) is 0.0200. The number of aromatic nitrogens is 1. The predicted octanol–water partition coefficient (Wildman–Crippen LogP) is 12.1. The van der Waals surface area contributed by atoms with Gasteiger partial charge in [0.05, 0.1) is 21.8 Å². The molecule has 3 nitrogen and oxygen atoms in total. The highest BCUT2D eigenvalue weighted by Crippen LogP contribution is 2.63. The number of fused-ring (bicyclic) bond motifs is 16. The van der Waals surface area contributed by atoms with E-state index in [-0.39, 0.29) is 5.63 Å². The van der Waals surface area contributed by atoms with E-state index in [0.717, 1.165) is 38.6 Å². The lowest BCUT2D eigenvalue weighted by Gasteiger charge is -2.30. The fourth-order valence-electron chi connectivity index (χ4n) is 9.71. The van der Waals surface area contributed by atoms with Gasteiger partial charge in [-0.2, -0.15) is 0 Å². The summed E-state index contributed by atoms with van der Waals surface area (Å²) in [6.07, 6.45) is 0. The molecule has 1 spiro atoms. The molecule has 2 aliphatic carbocycles. The number of para-hydroxylation sites is 2. The molecule has 2 heterocycles. The first kappa shape index (κ1) is 28.7. The van der Waals surface area contributed by atoms with E-state index in [0.29, 0.717) is 11.0 Å². The normalized spacial score (nSPS) is 13.5. The maximum Gasteiger partial charge on any atom is 0.344 e. The van der Waals surface area contributed by atoms with Crippen LogP contribution in [0.4, 0.5) is 0 Å². The van der Waals surface area contributed by atoms with Crippen LogP contribution in [0.3, 0.4) is 0 Å². The van der Waals surface area contributed by atoms with Gasteiger partial charge < -0.3 is 8.98 Å². The molecule has 246 valence electrons. The Morgan fingerprint density at radius 1 is 0.396 bits per heavy atom. The zero-order valence-corrected chi connectivity index (χ0v) is 28.5. The van der Waals surface area contributed by atoms with Crippen LogP contribution in [0.25, 0.3) is 82.6 Å². The summed E-state index contributed by atoms with van der Waals surface area (Å²) in [5, 5.41) is 4.79. The van der Waals surface area contributed by atoms with E-state index in [1.54, 1.807) is 0 Å². The minimum absolute atomic E-state index is 0.317. The molecule has 0 bridgehead atoms. The van der Waals surface area contributed by atoms with Gasteiger partial charge in [-0.05, 0) is 103 Å². The summed E-state index contributed by atoms with van der Waals surface area (Å²) >= 11 is 0. The van der Waals surface area contributed by atoms with Crippen LogP contribution in [0.2, 0.25) is 0 Å². The number of nitrogens with zero attached hydrogens (tertiary/aromatic N) is 1. The molecule has 0 unspecified atom stereocenters. The van der Waals surface area contributed by atoms with Crippen molar-refractivity contribution < 1.29 is 4.42 Å². The van der Waals surface area contributed by atoms with Gasteiger partial charge in [-0.15, -0.1) is 0 Å². The quantitative estimate of drug-likeness (QED) is 0.135. The van der Waals surface area contributed by atoms with Crippen LogP contribution < -0.4 is 5.63 Å². The van der Waals surface area contributed by atoms with Gasteiger partial charge in [-0.25, -0.2) is 4.79 Å². The Hall–Kier alpha value is -6.97. The topological polar surface area (TPSA) is 35.1 Å². The molecular weight excluding hydrogens is 647 g/mol. The van der Waals surface area contributed by atoms with Gasteiger partial charge in [0.1, 0.15) is 5.58 Å². The molecule has 0 fully saturated rings. The number of rotatable bonds is 2. The maximum absolute atomic E-state index is 13.1. The molecule has 2 aliphatic rings. The fourth-order valence-corrected chi connectivity index (χ4v) is 9.71. The smallest absolute Gasteiger partial charge is 0.344 e.